The first-order chi connectivity index (χ1) is 5.99. The number of nitrogens with two attached hydrogens (primary N) is 1. The quantitative estimate of drug-likeness (QED) is 0.621. The number of hydrogen-bond acceptors (Lipinski definition) is 5. The van der Waals surface area contributed by atoms with E-state index in [1.165, 1.54) is 12.1 Å². The Morgan fingerprint density at radius 3 is 2.69 bits per heavy atom. The van der Waals surface area contributed by atoms with Crippen molar-refractivity contribution in [2.45, 2.75) is 6.92 Å². The molecule has 2 bridgehead atoms. The molecule has 5 nitrogen and oxygen atoms in total. The molecule has 0 unspecified atom stereocenters. The van der Waals surface area contributed by atoms with Crippen molar-refractivity contribution in [3.8, 4) is 11.5 Å². The lowest BCUT2D eigenvalue weighted by Crippen LogP contribution is -2.22. The van der Waals surface area contributed by atoms with E-state index in [0.717, 1.165) is 0 Å². The molecule has 0 saturated heterocycles. The van der Waals surface area contributed by atoms with Crippen molar-refractivity contribution in [3.63, 3.8) is 0 Å². The van der Waals surface area contributed by atoms with Gasteiger partial charge in [-0.15, -0.1) is 8.42 Å². The Bertz CT molecular complexity index is 466. The van der Waals surface area contributed by atoms with Crippen molar-refractivity contribution in [1.82, 2.24) is 0 Å². The van der Waals surface area contributed by atoms with Crippen LogP contribution in [0.5, 0.6) is 11.5 Å². The molecule has 13 heavy (non-hydrogen) atoms. The van der Waals surface area contributed by atoms with Gasteiger partial charge < -0.3 is 14.1 Å². The maximum atomic E-state index is 11.0. The molecule has 0 aromatic heterocycles. The normalized spacial score (nSPS) is 17.3. The van der Waals surface area contributed by atoms with Crippen LogP contribution in [-0.2, 0) is 10.4 Å². The molecule has 1 aromatic rings. The van der Waals surface area contributed by atoms with E-state index < -0.39 is 10.4 Å². The molecule has 1 aromatic carbocycles. The topological polar surface area (TPSA) is 78.6 Å². The van der Waals surface area contributed by atoms with Gasteiger partial charge in [0.1, 0.15) is 0 Å². The summed E-state index contributed by atoms with van der Waals surface area (Å²) in [6.07, 6.45) is 0. The molecule has 0 radical (unpaired) electrons. The Labute approximate surface area is 75.4 Å². The van der Waals surface area contributed by atoms with E-state index in [0.29, 0.717) is 5.56 Å². The van der Waals surface area contributed by atoms with Crippen molar-refractivity contribution in [3.05, 3.63) is 17.7 Å². The van der Waals surface area contributed by atoms with Gasteiger partial charge in [0.05, 0.1) is 5.69 Å². The van der Waals surface area contributed by atoms with Gasteiger partial charge in [0.2, 0.25) is 0 Å². The van der Waals surface area contributed by atoms with Gasteiger partial charge in [0.15, 0.2) is 11.5 Å². The molecule has 0 amide bonds. The Kier molecular flexibility index (Phi) is 1.44. The van der Waals surface area contributed by atoms with E-state index in [1.807, 2.05) is 0 Å². The predicted octanol–water partition coefficient (Wildman–Crippen LogP) is 0.593. The van der Waals surface area contributed by atoms with Crippen molar-refractivity contribution in [2.75, 3.05) is 5.73 Å². The van der Waals surface area contributed by atoms with E-state index in [2.05, 4.69) is 8.37 Å². The summed E-state index contributed by atoms with van der Waals surface area (Å²) >= 11 is 0. The van der Waals surface area contributed by atoms with E-state index in [4.69, 9.17) is 5.73 Å². The summed E-state index contributed by atoms with van der Waals surface area (Å²) in [4.78, 5) is 0. The minimum absolute atomic E-state index is 0.156. The van der Waals surface area contributed by atoms with Gasteiger partial charge in [0.25, 0.3) is 0 Å². The molecular formula is C7H7NO4S. The minimum atomic E-state index is -3.95. The molecule has 2 N–H and O–H groups in total. The Balaban J connectivity index is 2.72. The largest absolute Gasteiger partial charge is 0.501 e. The molecule has 0 aliphatic carbocycles. The van der Waals surface area contributed by atoms with Crippen LogP contribution in [0, 0.1) is 6.92 Å². The summed E-state index contributed by atoms with van der Waals surface area (Å²) in [5.74, 6) is 0.416. The van der Waals surface area contributed by atoms with Gasteiger partial charge >= 0.3 is 10.4 Å². The van der Waals surface area contributed by atoms with Crippen molar-refractivity contribution in [1.29, 1.82) is 0 Å². The second-order valence-electron chi connectivity index (χ2n) is 2.68. The third kappa shape index (κ3) is 1.19. The number of benzene rings is 1. The average molecular weight is 201 g/mol. The van der Waals surface area contributed by atoms with E-state index in [9.17, 15) is 8.42 Å². The van der Waals surface area contributed by atoms with Gasteiger partial charge in [-0.1, -0.05) is 0 Å². The van der Waals surface area contributed by atoms with Crippen molar-refractivity contribution in [2.24, 2.45) is 0 Å². The molecule has 1 heterocycles. The second kappa shape index (κ2) is 2.29. The van der Waals surface area contributed by atoms with Crippen LogP contribution in [0.3, 0.4) is 0 Å². The van der Waals surface area contributed by atoms with Gasteiger partial charge in [-0.2, -0.15) is 0 Å². The van der Waals surface area contributed by atoms with Crippen LogP contribution in [0.15, 0.2) is 12.1 Å². The first-order valence-corrected chi connectivity index (χ1v) is 4.86. The van der Waals surface area contributed by atoms with Crippen LogP contribution in [-0.4, -0.2) is 8.42 Å². The van der Waals surface area contributed by atoms with Crippen LogP contribution in [0.2, 0.25) is 0 Å². The SMILES string of the molecule is Cc1c2ccc(N)c1OS(=O)(=O)O2. The fourth-order valence-electron chi connectivity index (χ4n) is 1.12. The molecule has 0 fully saturated rings. The molecule has 70 valence electrons. The number of anilines is 1. The highest BCUT2D eigenvalue weighted by Crippen LogP contribution is 2.38. The summed E-state index contributed by atoms with van der Waals surface area (Å²) in [6.45, 7) is 1.68. The molecular weight excluding hydrogens is 194 g/mol. The molecule has 6 heteroatoms. The lowest BCUT2D eigenvalue weighted by molar-refractivity contribution is 0.375. The summed E-state index contributed by atoms with van der Waals surface area (Å²) in [5, 5.41) is 0. The monoisotopic (exact) mass is 201 g/mol. The Morgan fingerprint density at radius 1 is 1.31 bits per heavy atom. The van der Waals surface area contributed by atoms with Gasteiger partial charge in [0, 0.05) is 5.56 Å². The van der Waals surface area contributed by atoms with Crippen LogP contribution in [0.4, 0.5) is 5.69 Å². The van der Waals surface area contributed by atoms with E-state index in [1.54, 1.807) is 6.92 Å². The fourth-order valence-corrected chi connectivity index (χ4v) is 1.98. The van der Waals surface area contributed by atoms with Gasteiger partial charge in [-0.25, -0.2) is 0 Å². The summed E-state index contributed by atoms with van der Waals surface area (Å²) in [7, 11) is -3.95. The highest BCUT2D eigenvalue weighted by Gasteiger charge is 2.27. The zero-order chi connectivity index (χ0) is 9.64. The first-order valence-electron chi connectivity index (χ1n) is 3.52. The molecule has 1 aliphatic rings. The molecule has 0 spiro atoms. The summed E-state index contributed by atoms with van der Waals surface area (Å²) in [6, 6.07) is 3.03. The molecule has 0 atom stereocenters. The molecule has 0 saturated carbocycles. The third-order valence-electron chi connectivity index (χ3n) is 1.76. The van der Waals surface area contributed by atoms with Gasteiger partial charge in [-0.3, -0.25) is 0 Å². The number of hydrogen-bond donors (Lipinski definition) is 1. The van der Waals surface area contributed by atoms with Crippen LogP contribution < -0.4 is 14.1 Å². The highest BCUT2D eigenvalue weighted by atomic mass is 32.3. The minimum Gasteiger partial charge on any atom is -0.396 e. The first kappa shape index (κ1) is 8.18. The maximum Gasteiger partial charge on any atom is 0.501 e. The third-order valence-corrected chi connectivity index (χ3v) is 2.52. The number of fused-ring (bicyclic) bond motifs is 2. The zero-order valence-electron chi connectivity index (χ0n) is 6.77. The zero-order valence-corrected chi connectivity index (χ0v) is 7.59. The van der Waals surface area contributed by atoms with Crippen LogP contribution >= 0.6 is 0 Å². The molecule has 2 rings (SSSR count). The lowest BCUT2D eigenvalue weighted by Gasteiger charge is -2.19. The van der Waals surface area contributed by atoms with Gasteiger partial charge in [-0.05, 0) is 19.1 Å². The summed E-state index contributed by atoms with van der Waals surface area (Å²) < 4.78 is 31.0. The van der Waals surface area contributed by atoms with Crippen LogP contribution in [0.1, 0.15) is 5.56 Å². The van der Waals surface area contributed by atoms with Crippen molar-refractivity contribution < 1.29 is 16.8 Å². The second-order valence-corrected chi connectivity index (χ2v) is 3.83. The predicted molar refractivity (Wildman–Crippen MR) is 45.8 cm³/mol. The standard InChI is InChI=1S/C7H7NO4S/c1-4-6-3-2-5(8)7(4)12-13(9,10)11-6/h2-3H,8H2,1H3. The van der Waals surface area contributed by atoms with Crippen molar-refractivity contribution >= 4 is 16.1 Å². The maximum absolute atomic E-state index is 11.0. The van der Waals surface area contributed by atoms with E-state index in [-0.39, 0.29) is 17.2 Å². The highest BCUT2D eigenvalue weighted by molar-refractivity contribution is 7.82. The Hall–Kier alpha value is -1.43. The lowest BCUT2D eigenvalue weighted by atomic mass is 10.2. The smallest absolute Gasteiger partial charge is 0.396 e. The number of nitrogen functional groups attached to an aromatic ring is 1. The average Bonchev–Trinajstić information content (AvgIpc) is 2.02. The molecule has 1 aliphatic heterocycles. The fraction of sp³-hybridized carbons (Fsp3) is 0.143. The van der Waals surface area contributed by atoms with E-state index >= 15 is 0 Å². The Morgan fingerprint density at radius 2 is 2.00 bits per heavy atom. The summed E-state index contributed by atoms with van der Waals surface area (Å²) in [5.41, 5.74) is 6.39. The number of rotatable bonds is 0. The van der Waals surface area contributed by atoms with Crippen LogP contribution in [0.25, 0.3) is 0 Å².